The second kappa shape index (κ2) is 8.58. The fourth-order valence-electron chi connectivity index (χ4n) is 1.94. The summed E-state index contributed by atoms with van der Waals surface area (Å²) in [6.45, 7) is -0.220. The first kappa shape index (κ1) is 18.1. The third-order valence-electron chi connectivity index (χ3n) is 3.20. The van der Waals surface area contributed by atoms with Gasteiger partial charge in [-0.3, -0.25) is 0 Å². The van der Waals surface area contributed by atoms with Crippen molar-refractivity contribution in [3.05, 3.63) is 64.7 Å². The van der Waals surface area contributed by atoms with Crippen molar-refractivity contribution < 1.29 is 24.1 Å². The molecule has 0 aliphatic carbocycles. The monoisotopic (exact) mass is 354 g/mol. The second-order valence-corrected chi connectivity index (χ2v) is 5.39. The van der Waals surface area contributed by atoms with Crippen molar-refractivity contribution >= 4 is 17.7 Å². The van der Waals surface area contributed by atoms with Crippen molar-refractivity contribution in [1.82, 2.24) is 10.3 Å². The molecule has 2 unspecified atom stereocenters. The zero-order valence-corrected chi connectivity index (χ0v) is 13.3. The number of carbonyl (C=O) groups is 1. The molecule has 24 heavy (non-hydrogen) atoms. The Labute approximate surface area is 142 Å². The molecule has 0 saturated heterocycles. The first-order chi connectivity index (χ1) is 11.5. The summed E-state index contributed by atoms with van der Waals surface area (Å²) < 4.78 is 18.1. The molecule has 1 heterocycles. The van der Waals surface area contributed by atoms with Crippen LogP contribution < -0.4 is 5.32 Å². The quantitative estimate of drug-likeness (QED) is 0.692. The maximum Gasteiger partial charge on any atom is 0.407 e. The molecule has 1 aromatic carbocycles. The fourth-order valence-corrected chi connectivity index (χ4v) is 2.15. The Balaban J connectivity index is 1.82. The van der Waals surface area contributed by atoms with Crippen LogP contribution in [0.15, 0.2) is 42.6 Å². The molecule has 2 atom stereocenters. The maximum absolute atomic E-state index is 13.1. The van der Waals surface area contributed by atoms with E-state index in [0.717, 1.165) is 17.8 Å². The van der Waals surface area contributed by atoms with Crippen molar-refractivity contribution in [3.8, 4) is 0 Å². The van der Waals surface area contributed by atoms with E-state index >= 15 is 0 Å². The number of halogens is 2. The lowest BCUT2D eigenvalue weighted by Crippen LogP contribution is -2.35. The SMILES string of the molecule is O=C(NCC(O)C(O)c1cc(F)ncc1Cl)OCc1ccccc1. The lowest BCUT2D eigenvalue weighted by molar-refractivity contribution is 0.0182. The summed E-state index contributed by atoms with van der Waals surface area (Å²) >= 11 is 5.80. The van der Waals surface area contributed by atoms with Gasteiger partial charge in [0.25, 0.3) is 0 Å². The number of nitrogens with zero attached hydrogens (tertiary/aromatic N) is 1. The van der Waals surface area contributed by atoms with Gasteiger partial charge in [-0.2, -0.15) is 4.39 Å². The van der Waals surface area contributed by atoms with Gasteiger partial charge in [0.1, 0.15) is 18.8 Å². The van der Waals surface area contributed by atoms with Crippen LogP contribution in [0.5, 0.6) is 0 Å². The smallest absolute Gasteiger partial charge is 0.407 e. The Morgan fingerprint density at radius 3 is 2.75 bits per heavy atom. The number of ether oxygens (including phenoxy) is 1. The maximum atomic E-state index is 13.1. The molecule has 0 radical (unpaired) electrons. The lowest BCUT2D eigenvalue weighted by atomic mass is 10.1. The van der Waals surface area contributed by atoms with Gasteiger partial charge >= 0.3 is 6.09 Å². The van der Waals surface area contributed by atoms with Gasteiger partial charge in [0.2, 0.25) is 5.95 Å². The average Bonchev–Trinajstić information content (AvgIpc) is 2.60. The summed E-state index contributed by atoms with van der Waals surface area (Å²) in [6.07, 6.45) is -2.60. The summed E-state index contributed by atoms with van der Waals surface area (Å²) in [5.41, 5.74) is 0.795. The molecule has 0 saturated carbocycles. The van der Waals surface area contributed by atoms with E-state index in [2.05, 4.69) is 10.3 Å². The summed E-state index contributed by atoms with van der Waals surface area (Å²) in [6, 6.07) is 9.98. The zero-order valence-electron chi connectivity index (χ0n) is 12.5. The second-order valence-electron chi connectivity index (χ2n) is 4.98. The third kappa shape index (κ3) is 5.16. The van der Waals surface area contributed by atoms with Gasteiger partial charge in [0.15, 0.2) is 0 Å². The minimum absolute atomic E-state index is 0.00889. The molecule has 0 spiro atoms. The molecule has 0 bridgehead atoms. The molecular formula is C16H16ClFN2O4. The number of nitrogens with one attached hydrogen (secondary N) is 1. The number of carbonyl (C=O) groups excluding carboxylic acids is 1. The van der Waals surface area contributed by atoms with Gasteiger partial charge in [-0.25, -0.2) is 9.78 Å². The van der Waals surface area contributed by atoms with Crippen LogP contribution in [0.1, 0.15) is 17.2 Å². The predicted molar refractivity (Wildman–Crippen MR) is 84.8 cm³/mol. The molecule has 0 aliphatic rings. The van der Waals surface area contributed by atoms with Crippen molar-refractivity contribution in [3.63, 3.8) is 0 Å². The number of rotatable bonds is 6. The first-order valence-electron chi connectivity index (χ1n) is 7.09. The summed E-state index contributed by atoms with van der Waals surface area (Å²) in [7, 11) is 0. The van der Waals surface area contributed by atoms with E-state index in [4.69, 9.17) is 16.3 Å². The molecule has 128 valence electrons. The number of aliphatic hydroxyl groups excluding tert-OH is 2. The van der Waals surface area contributed by atoms with Crippen LogP contribution in [-0.4, -0.2) is 33.9 Å². The molecule has 0 fully saturated rings. The average molecular weight is 355 g/mol. The van der Waals surface area contributed by atoms with Crippen LogP contribution in [-0.2, 0) is 11.3 Å². The number of alkyl carbamates (subject to hydrolysis) is 1. The van der Waals surface area contributed by atoms with Crippen molar-refractivity contribution in [1.29, 1.82) is 0 Å². The number of aliphatic hydroxyl groups is 2. The summed E-state index contributed by atoms with van der Waals surface area (Å²) in [4.78, 5) is 14.9. The number of hydrogen-bond donors (Lipinski definition) is 3. The number of pyridine rings is 1. The highest BCUT2D eigenvalue weighted by Gasteiger charge is 2.22. The molecule has 2 aromatic rings. The molecule has 3 N–H and O–H groups in total. The summed E-state index contributed by atoms with van der Waals surface area (Å²) in [5.74, 6) is -0.837. The number of aromatic nitrogens is 1. The van der Waals surface area contributed by atoms with Crippen molar-refractivity contribution in [2.45, 2.75) is 18.8 Å². The van der Waals surface area contributed by atoms with Gasteiger partial charge < -0.3 is 20.3 Å². The fraction of sp³-hybridized carbons (Fsp3) is 0.250. The first-order valence-corrected chi connectivity index (χ1v) is 7.47. The minimum atomic E-state index is -1.48. The molecule has 6 nitrogen and oxygen atoms in total. The van der Waals surface area contributed by atoms with Crippen molar-refractivity contribution in [2.75, 3.05) is 6.54 Å². The number of benzene rings is 1. The van der Waals surface area contributed by atoms with Crippen LogP contribution >= 0.6 is 11.6 Å². The van der Waals surface area contributed by atoms with Crippen LogP contribution in [0.3, 0.4) is 0 Å². The Bertz CT molecular complexity index is 687. The zero-order chi connectivity index (χ0) is 17.5. The van der Waals surface area contributed by atoms with E-state index in [9.17, 15) is 19.4 Å². The van der Waals surface area contributed by atoms with E-state index < -0.39 is 24.2 Å². The summed E-state index contributed by atoms with van der Waals surface area (Å²) in [5, 5.41) is 22.2. The normalized spacial score (nSPS) is 13.2. The predicted octanol–water partition coefficient (Wildman–Crippen LogP) is 2.19. The highest BCUT2D eigenvalue weighted by atomic mass is 35.5. The minimum Gasteiger partial charge on any atom is -0.445 e. The largest absolute Gasteiger partial charge is 0.445 e. The van der Waals surface area contributed by atoms with E-state index in [1.807, 2.05) is 18.2 Å². The van der Waals surface area contributed by atoms with Gasteiger partial charge in [0.05, 0.1) is 5.02 Å². The van der Waals surface area contributed by atoms with Crippen LogP contribution in [0.4, 0.5) is 9.18 Å². The standard InChI is InChI=1S/C16H16ClFN2O4/c17-12-7-19-14(18)6-11(12)15(22)13(21)8-20-16(23)24-9-10-4-2-1-3-5-10/h1-7,13,15,21-22H,8-9H2,(H,20,23). The topological polar surface area (TPSA) is 91.7 Å². The van der Waals surface area contributed by atoms with E-state index in [-0.39, 0.29) is 23.7 Å². The highest BCUT2D eigenvalue weighted by molar-refractivity contribution is 6.31. The Morgan fingerprint density at radius 2 is 2.04 bits per heavy atom. The molecule has 1 amide bonds. The number of hydrogen-bond acceptors (Lipinski definition) is 5. The highest BCUT2D eigenvalue weighted by Crippen LogP contribution is 2.24. The molecular weight excluding hydrogens is 339 g/mol. The van der Waals surface area contributed by atoms with Gasteiger partial charge in [-0.1, -0.05) is 41.9 Å². The Morgan fingerprint density at radius 1 is 1.33 bits per heavy atom. The van der Waals surface area contributed by atoms with Crippen LogP contribution in [0.25, 0.3) is 0 Å². The third-order valence-corrected chi connectivity index (χ3v) is 3.52. The lowest BCUT2D eigenvalue weighted by Gasteiger charge is -2.19. The molecule has 1 aromatic heterocycles. The van der Waals surface area contributed by atoms with E-state index in [1.54, 1.807) is 12.1 Å². The Kier molecular flexibility index (Phi) is 6.48. The van der Waals surface area contributed by atoms with Gasteiger partial charge in [-0.15, -0.1) is 0 Å². The Hall–Kier alpha value is -2.22. The van der Waals surface area contributed by atoms with Crippen LogP contribution in [0, 0.1) is 5.95 Å². The van der Waals surface area contributed by atoms with Gasteiger partial charge in [-0.05, 0) is 5.56 Å². The van der Waals surface area contributed by atoms with Crippen LogP contribution in [0.2, 0.25) is 5.02 Å². The van der Waals surface area contributed by atoms with E-state index in [1.165, 1.54) is 0 Å². The molecule has 8 heteroatoms. The molecule has 2 rings (SSSR count). The number of amides is 1. The van der Waals surface area contributed by atoms with Crippen molar-refractivity contribution in [2.24, 2.45) is 0 Å². The van der Waals surface area contributed by atoms with Gasteiger partial charge in [0, 0.05) is 24.4 Å². The molecule has 0 aliphatic heterocycles. The van der Waals surface area contributed by atoms with E-state index in [0.29, 0.717) is 0 Å².